The second kappa shape index (κ2) is 8.27. The van der Waals surface area contributed by atoms with Crippen molar-refractivity contribution in [2.24, 2.45) is 0 Å². The number of nitrogens with zero attached hydrogens (tertiary/aromatic N) is 4. The smallest absolute Gasteiger partial charge is 0.255 e. The van der Waals surface area contributed by atoms with Gasteiger partial charge >= 0.3 is 0 Å². The van der Waals surface area contributed by atoms with E-state index in [2.05, 4.69) is 20.6 Å². The number of methoxy groups -OCH3 is 1. The average molecular weight is 445 g/mol. The Hall–Kier alpha value is -3.98. The fraction of sp³-hybridized carbons (Fsp3) is 0.130. The number of rotatable bonds is 5. The van der Waals surface area contributed by atoms with E-state index >= 15 is 0 Å². The molecule has 1 atom stereocenters. The van der Waals surface area contributed by atoms with Crippen LogP contribution in [0.25, 0.3) is 10.7 Å². The van der Waals surface area contributed by atoms with Gasteiger partial charge in [-0.15, -0.1) is 16.4 Å². The number of hydrogen-bond acceptors (Lipinski definition) is 7. The van der Waals surface area contributed by atoms with Crippen molar-refractivity contribution >= 4 is 28.9 Å². The topological polar surface area (TPSA) is 94.0 Å². The number of benzene rings is 1. The van der Waals surface area contributed by atoms with E-state index in [1.165, 1.54) is 0 Å². The first kappa shape index (κ1) is 20.0. The maximum atomic E-state index is 13.5. The highest BCUT2D eigenvalue weighted by atomic mass is 32.1. The second-order valence-electron chi connectivity index (χ2n) is 7.18. The summed E-state index contributed by atoms with van der Waals surface area (Å²) in [6.45, 7) is 1.86. The van der Waals surface area contributed by atoms with E-state index in [-0.39, 0.29) is 5.91 Å². The number of carbonyl (C=O) groups excluding carboxylic acids is 1. The number of hydrogen-bond donors (Lipinski definition) is 2. The Bertz CT molecular complexity index is 1300. The van der Waals surface area contributed by atoms with Crippen LogP contribution in [0.5, 0.6) is 5.75 Å². The third-order valence-corrected chi connectivity index (χ3v) is 6.06. The molecule has 0 unspecified atom stereocenters. The molecular weight excluding hydrogens is 424 g/mol. The van der Waals surface area contributed by atoms with Crippen molar-refractivity contribution in [3.8, 4) is 16.5 Å². The first-order chi connectivity index (χ1) is 15.7. The van der Waals surface area contributed by atoms with Gasteiger partial charge in [-0.2, -0.15) is 4.98 Å². The number of allylic oxidation sites excluding steroid dienone is 1. The van der Waals surface area contributed by atoms with Gasteiger partial charge in [0.05, 0.1) is 29.4 Å². The summed E-state index contributed by atoms with van der Waals surface area (Å²) in [7, 11) is 1.62. The van der Waals surface area contributed by atoms with E-state index < -0.39 is 6.04 Å². The van der Waals surface area contributed by atoms with Gasteiger partial charge in [0.25, 0.3) is 5.91 Å². The van der Waals surface area contributed by atoms with Crippen LogP contribution < -0.4 is 15.4 Å². The predicted octanol–water partition coefficient (Wildman–Crippen LogP) is 4.34. The SMILES string of the molecule is COc1ccccc1[C@@H]1C(C(=O)Nc2cccnc2)=C(C)Nc2nc(-c3cccs3)nn21. The van der Waals surface area contributed by atoms with E-state index in [1.807, 2.05) is 48.7 Å². The highest BCUT2D eigenvalue weighted by Gasteiger charge is 2.36. The van der Waals surface area contributed by atoms with Crippen molar-refractivity contribution in [2.45, 2.75) is 13.0 Å². The monoisotopic (exact) mass is 444 g/mol. The van der Waals surface area contributed by atoms with Crippen LogP contribution in [0.1, 0.15) is 18.5 Å². The molecule has 0 radical (unpaired) electrons. The molecule has 32 heavy (non-hydrogen) atoms. The Morgan fingerprint density at radius 3 is 2.81 bits per heavy atom. The summed E-state index contributed by atoms with van der Waals surface area (Å²) in [5, 5.41) is 13.0. The van der Waals surface area contributed by atoms with Gasteiger partial charge in [0, 0.05) is 17.5 Å². The number of amides is 1. The molecule has 0 saturated carbocycles. The quantitative estimate of drug-likeness (QED) is 0.476. The Balaban J connectivity index is 1.64. The van der Waals surface area contributed by atoms with E-state index in [0.717, 1.165) is 10.4 Å². The Morgan fingerprint density at radius 1 is 1.19 bits per heavy atom. The largest absolute Gasteiger partial charge is 0.496 e. The molecule has 0 fully saturated rings. The molecule has 1 aromatic carbocycles. The van der Waals surface area contributed by atoms with Gasteiger partial charge in [0.15, 0.2) is 5.82 Å². The standard InChI is InChI=1S/C23H20N6O2S/c1-14-19(22(30)26-15-7-5-11-24-13-15)20(16-8-3-4-9-17(16)31-2)29-23(25-14)27-21(28-29)18-10-6-12-32-18/h3-13,20H,1-2H3,(H,26,30)(H,25,27,28)/t20-/m1/s1. The van der Waals surface area contributed by atoms with Crippen LogP contribution in [0.4, 0.5) is 11.6 Å². The first-order valence-corrected chi connectivity index (χ1v) is 10.9. The molecule has 9 heteroatoms. The minimum Gasteiger partial charge on any atom is -0.496 e. The van der Waals surface area contributed by atoms with E-state index in [1.54, 1.807) is 47.7 Å². The summed E-state index contributed by atoms with van der Waals surface area (Å²) in [6, 6.07) is 14.6. The molecule has 0 bridgehead atoms. The Morgan fingerprint density at radius 2 is 2.06 bits per heavy atom. The van der Waals surface area contributed by atoms with Crippen molar-refractivity contribution in [3.05, 3.63) is 83.1 Å². The van der Waals surface area contributed by atoms with Crippen LogP contribution in [0.3, 0.4) is 0 Å². The molecule has 4 aromatic rings. The predicted molar refractivity (Wildman–Crippen MR) is 124 cm³/mol. The van der Waals surface area contributed by atoms with Crippen LogP contribution in [0.2, 0.25) is 0 Å². The number of aromatic nitrogens is 4. The molecular formula is C23H20N6O2S. The third kappa shape index (κ3) is 3.52. The highest BCUT2D eigenvalue weighted by Crippen LogP contribution is 2.40. The van der Waals surface area contributed by atoms with Gasteiger partial charge in [-0.3, -0.25) is 9.78 Å². The van der Waals surface area contributed by atoms with Crippen molar-refractivity contribution < 1.29 is 9.53 Å². The molecule has 4 heterocycles. The van der Waals surface area contributed by atoms with E-state index in [0.29, 0.717) is 34.5 Å². The number of pyridine rings is 1. The van der Waals surface area contributed by atoms with Crippen molar-refractivity contribution in [2.75, 3.05) is 17.7 Å². The molecule has 1 amide bonds. The lowest BCUT2D eigenvalue weighted by Crippen LogP contribution is -2.31. The lowest BCUT2D eigenvalue weighted by Gasteiger charge is -2.29. The summed E-state index contributed by atoms with van der Waals surface area (Å²) in [6.07, 6.45) is 3.27. The molecule has 5 rings (SSSR count). The number of para-hydroxylation sites is 1. The summed E-state index contributed by atoms with van der Waals surface area (Å²) in [5.74, 6) is 1.58. The zero-order valence-electron chi connectivity index (χ0n) is 17.4. The van der Waals surface area contributed by atoms with Crippen LogP contribution >= 0.6 is 11.3 Å². The number of anilines is 2. The molecule has 8 nitrogen and oxygen atoms in total. The van der Waals surface area contributed by atoms with Crippen LogP contribution in [0.15, 0.2) is 77.6 Å². The maximum Gasteiger partial charge on any atom is 0.255 e. The number of fused-ring (bicyclic) bond motifs is 1. The van der Waals surface area contributed by atoms with Gasteiger partial charge in [-0.25, -0.2) is 4.68 Å². The highest BCUT2D eigenvalue weighted by molar-refractivity contribution is 7.13. The van der Waals surface area contributed by atoms with E-state index in [9.17, 15) is 4.79 Å². The number of thiophene rings is 1. The summed E-state index contributed by atoms with van der Waals surface area (Å²) in [4.78, 5) is 23.2. The summed E-state index contributed by atoms with van der Waals surface area (Å²) < 4.78 is 7.38. The summed E-state index contributed by atoms with van der Waals surface area (Å²) in [5.41, 5.74) is 2.64. The zero-order valence-corrected chi connectivity index (χ0v) is 18.3. The molecule has 1 aliphatic rings. The lowest BCUT2D eigenvalue weighted by atomic mass is 9.94. The number of nitrogens with one attached hydrogen (secondary N) is 2. The van der Waals surface area contributed by atoms with Gasteiger partial charge in [0.1, 0.15) is 11.8 Å². The van der Waals surface area contributed by atoms with Gasteiger partial charge < -0.3 is 15.4 Å². The Labute approximate surface area is 188 Å². The molecule has 3 aromatic heterocycles. The average Bonchev–Trinajstić information content (AvgIpc) is 3.48. The maximum absolute atomic E-state index is 13.5. The fourth-order valence-corrected chi connectivity index (χ4v) is 4.42. The number of carbonyl (C=O) groups is 1. The fourth-order valence-electron chi connectivity index (χ4n) is 3.77. The van der Waals surface area contributed by atoms with Crippen molar-refractivity contribution in [3.63, 3.8) is 0 Å². The van der Waals surface area contributed by atoms with Crippen molar-refractivity contribution in [1.82, 2.24) is 19.7 Å². The van der Waals surface area contributed by atoms with E-state index in [4.69, 9.17) is 9.84 Å². The van der Waals surface area contributed by atoms with Gasteiger partial charge in [-0.1, -0.05) is 24.3 Å². The van der Waals surface area contributed by atoms with Crippen LogP contribution in [-0.4, -0.2) is 32.8 Å². The minimum atomic E-state index is -0.528. The molecule has 0 saturated heterocycles. The van der Waals surface area contributed by atoms with Gasteiger partial charge in [0.2, 0.25) is 5.95 Å². The minimum absolute atomic E-state index is 0.252. The first-order valence-electron chi connectivity index (χ1n) is 9.98. The molecule has 2 N–H and O–H groups in total. The lowest BCUT2D eigenvalue weighted by molar-refractivity contribution is -0.113. The molecule has 1 aliphatic heterocycles. The van der Waals surface area contributed by atoms with Crippen molar-refractivity contribution in [1.29, 1.82) is 0 Å². The van der Waals surface area contributed by atoms with Crippen LogP contribution in [-0.2, 0) is 4.79 Å². The van der Waals surface area contributed by atoms with Crippen LogP contribution in [0, 0.1) is 0 Å². The molecule has 0 aliphatic carbocycles. The normalized spacial score (nSPS) is 15.1. The Kier molecular flexibility index (Phi) is 5.16. The van der Waals surface area contributed by atoms with Gasteiger partial charge in [-0.05, 0) is 36.6 Å². The third-order valence-electron chi connectivity index (χ3n) is 5.19. The number of ether oxygens (including phenoxy) is 1. The summed E-state index contributed by atoms with van der Waals surface area (Å²) >= 11 is 1.56. The zero-order chi connectivity index (χ0) is 22.1. The molecule has 0 spiro atoms. The molecule has 160 valence electrons. The second-order valence-corrected chi connectivity index (χ2v) is 8.13.